The van der Waals surface area contributed by atoms with Crippen LogP contribution < -0.4 is 19.5 Å². The third-order valence-electron chi connectivity index (χ3n) is 4.01. The summed E-state index contributed by atoms with van der Waals surface area (Å²) >= 11 is 5.84. The van der Waals surface area contributed by atoms with Gasteiger partial charge in [0.15, 0.2) is 0 Å². The molecule has 0 unspecified atom stereocenters. The first-order valence-electron chi connectivity index (χ1n) is 8.65. The topological polar surface area (TPSA) is 107 Å². The fourth-order valence-corrected chi connectivity index (χ4v) is 3.52. The molecule has 1 heterocycles. The molecule has 0 spiro atoms. The van der Waals surface area contributed by atoms with Crippen molar-refractivity contribution in [2.75, 3.05) is 19.5 Å². The number of pyridine rings is 1. The number of carbonyl (C=O) groups is 1. The predicted octanol–water partition coefficient (Wildman–Crippen LogP) is 3.70. The van der Waals surface area contributed by atoms with Crippen LogP contribution in [0.25, 0.3) is 0 Å². The zero-order valence-electron chi connectivity index (χ0n) is 16.0. The molecule has 1 aromatic heterocycles. The minimum atomic E-state index is -3.80. The highest BCUT2D eigenvalue weighted by Crippen LogP contribution is 2.26. The molecule has 0 aliphatic rings. The number of hydrogen-bond acceptors (Lipinski definition) is 6. The van der Waals surface area contributed by atoms with Crippen LogP contribution in [0.3, 0.4) is 0 Å². The molecule has 0 atom stereocenters. The third-order valence-corrected chi connectivity index (χ3v) is 5.70. The van der Waals surface area contributed by atoms with Crippen LogP contribution in [-0.4, -0.2) is 33.5 Å². The van der Waals surface area contributed by atoms with Gasteiger partial charge in [0.2, 0.25) is 15.9 Å². The number of nitrogens with zero attached hydrogens (tertiary/aromatic N) is 1. The van der Waals surface area contributed by atoms with Crippen molar-refractivity contribution in [3.63, 3.8) is 0 Å². The zero-order chi connectivity index (χ0) is 21.7. The van der Waals surface area contributed by atoms with Crippen molar-refractivity contribution in [2.24, 2.45) is 0 Å². The average Bonchev–Trinajstić information content (AvgIpc) is 2.76. The molecule has 0 saturated heterocycles. The fourth-order valence-electron chi connectivity index (χ4n) is 2.48. The van der Waals surface area contributed by atoms with Gasteiger partial charge in [0.05, 0.1) is 19.0 Å². The second kappa shape index (κ2) is 9.12. The van der Waals surface area contributed by atoms with Crippen LogP contribution in [-0.2, 0) is 10.0 Å². The summed E-state index contributed by atoms with van der Waals surface area (Å²) in [5.41, 5.74) is 0.559. The van der Waals surface area contributed by atoms with Gasteiger partial charge in [0.25, 0.3) is 5.91 Å². The van der Waals surface area contributed by atoms with E-state index in [4.69, 9.17) is 21.1 Å². The number of methoxy groups -OCH3 is 1. The van der Waals surface area contributed by atoms with E-state index in [1.807, 2.05) is 0 Å². The molecule has 0 aliphatic heterocycles. The molecule has 8 nitrogen and oxygen atoms in total. The number of amides is 1. The Hall–Kier alpha value is -3.14. The monoisotopic (exact) mass is 447 g/mol. The second-order valence-electron chi connectivity index (χ2n) is 5.97. The molecular weight excluding hydrogens is 430 g/mol. The maximum atomic E-state index is 12.6. The van der Waals surface area contributed by atoms with Crippen LogP contribution in [0.15, 0.2) is 65.7 Å². The van der Waals surface area contributed by atoms with Gasteiger partial charge in [-0.15, -0.1) is 0 Å². The molecule has 30 heavy (non-hydrogen) atoms. The van der Waals surface area contributed by atoms with E-state index in [1.54, 1.807) is 36.4 Å². The van der Waals surface area contributed by atoms with Gasteiger partial charge in [0.1, 0.15) is 16.4 Å². The Morgan fingerprint density at radius 1 is 1.07 bits per heavy atom. The van der Waals surface area contributed by atoms with E-state index in [0.29, 0.717) is 22.3 Å². The Kier molecular flexibility index (Phi) is 6.56. The number of halogens is 1. The van der Waals surface area contributed by atoms with E-state index in [-0.39, 0.29) is 16.2 Å². The zero-order valence-corrected chi connectivity index (χ0v) is 17.6. The van der Waals surface area contributed by atoms with E-state index in [9.17, 15) is 13.2 Å². The largest absolute Gasteiger partial charge is 0.495 e. The number of ether oxygens (including phenoxy) is 2. The minimum absolute atomic E-state index is 0.131. The molecule has 2 aromatic carbocycles. The molecule has 0 fully saturated rings. The SMILES string of the molecule is CNS(=O)(=O)c1cc(C(=O)Nc2ccc(Oc3ccc(Cl)cc3)nc2)ccc1OC. The first-order chi connectivity index (χ1) is 14.3. The summed E-state index contributed by atoms with van der Waals surface area (Å²) in [6, 6.07) is 14.1. The van der Waals surface area contributed by atoms with Crippen molar-refractivity contribution in [3.8, 4) is 17.4 Å². The van der Waals surface area contributed by atoms with Gasteiger partial charge in [-0.25, -0.2) is 18.1 Å². The van der Waals surface area contributed by atoms with E-state index in [2.05, 4.69) is 15.0 Å². The fraction of sp³-hybridized carbons (Fsp3) is 0.100. The Labute approximate surface area is 178 Å². The summed E-state index contributed by atoms with van der Waals surface area (Å²) in [4.78, 5) is 16.6. The molecule has 2 N–H and O–H groups in total. The van der Waals surface area contributed by atoms with Gasteiger partial charge in [-0.2, -0.15) is 0 Å². The predicted molar refractivity (Wildman–Crippen MR) is 113 cm³/mol. The van der Waals surface area contributed by atoms with Crippen molar-refractivity contribution >= 4 is 33.2 Å². The molecule has 0 aliphatic carbocycles. The summed E-state index contributed by atoms with van der Waals surface area (Å²) in [7, 11) is -1.17. The molecule has 0 saturated carbocycles. The van der Waals surface area contributed by atoms with Gasteiger partial charge >= 0.3 is 0 Å². The molecule has 0 radical (unpaired) electrons. The summed E-state index contributed by atoms with van der Waals surface area (Å²) in [5.74, 6) is 0.534. The lowest BCUT2D eigenvalue weighted by Gasteiger charge is -2.11. The van der Waals surface area contributed by atoms with Crippen LogP contribution >= 0.6 is 11.6 Å². The number of benzene rings is 2. The Morgan fingerprint density at radius 3 is 2.40 bits per heavy atom. The van der Waals surface area contributed by atoms with Crippen molar-refractivity contribution < 1.29 is 22.7 Å². The standard InChI is InChI=1S/C20H18ClN3O5S/c1-22-30(26,27)18-11-13(3-9-17(18)28-2)20(25)24-15-6-10-19(23-12-15)29-16-7-4-14(21)5-8-16/h3-12,22H,1-2H3,(H,24,25). The Bertz CT molecular complexity index is 1150. The van der Waals surface area contributed by atoms with Crippen LogP contribution in [0, 0.1) is 0 Å². The maximum absolute atomic E-state index is 12.6. The van der Waals surface area contributed by atoms with Gasteiger partial charge in [0, 0.05) is 16.7 Å². The van der Waals surface area contributed by atoms with Gasteiger partial charge in [-0.3, -0.25) is 4.79 Å². The van der Waals surface area contributed by atoms with E-state index < -0.39 is 15.9 Å². The first-order valence-corrected chi connectivity index (χ1v) is 10.5. The number of anilines is 1. The molecule has 3 rings (SSSR count). The quantitative estimate of drug-likeness (QED) is 0.572. The second-order valence-corrected chi connectivity index (χ2v) is 8.26. The highest BCUT2D eigenvalue weighted by atomic mass is 35.5. The molecule has 3 aromatic rings. The lowest BCUT2D eigenvalue weighted by Crippen LogP contribution is -2.20. The number of sulfonamides is 1. The molecule has 0 bridgehead atoms. The third kappa shape index (κ3) is 5.07. The lowest BCUT2D eigenvalue weighted by molar-refractivity contribution is 0.102. The van der Waals surface area contributed by atoms with Crippen molar-refractivity contribution in [1.29, 1.82) is 0 Å². The molecule has 156 valence electrons. The van der Waals surface area contributed by atoms with E-state index in [0.717, 1.165) is 0 Å². The Morgan fingerprint density at radius 2 is 1.80 bits per heavy atom. The van der Waals surface area contributed by atoms with Crippen LogP contribution in [0.2, 0.25) is 5.02 Å². The highest BCUT2D eigenvalue weighted by molar-refractivity contribution is 7.89. The summed E-state index contributed by atoms with van der Waals surface area (Å²) in [6.07, 6.45) is 1.43. The average molecular weight is 448 g/mol. The summed E-state index contributed by atoms with van der Waals surface area (Å²) in [6.45, 7) is 0. The lowest BCUT2D eigenvalue weighted by atomic mass is 10.2. The van der Waals surface area contributed by atoms with E-state index in [1.165, 1.54) is 38.6 Å². The smallest absolute Gasteiger partial charge is 0.255 e. The normalized spacial score (nSPS) is 11.0. The highest BCUT2D eigenvalue weighted by Gasteiger charge is 2.20. The van der Waals surface area contributed by atoms with Gasteiger partial charge in [-0.1, -0.05) is 11.6 Å². The summed E-state index contributed by atoms with van der Waals surface area (Å²) in [5, 5.41) is 3.26. The minimum Gasteiger partial charge on any atom is -0.495 e. The Balaban J connectivity index is 1.74. The molecule has 10 heteroatoms. The maximum Gasteiger partial charge on any atom is 0.255 e. The molecule has 1 amide bonds. The van der Waals surface area contributed by atoms with Crippen molar-refractivity contribution in [2.45, 2.75) is 4.90 Å². The number of carbonyl (C=O) groups excluding carboxylic acids is 1. The number of aromatic nitrogens is 1. The number of rotatable bonds is 7. The van der Waals surface area contributed by atoms with Crippen molar-refractivity contribution in [3.05, 3.63) is 71.4 Å². The summed E-state index contributed by atoms with van der Waals surface area (Å²) < 4.78 is 37.2. The van der Waals surface area contributed by atoms with Crippen LogP contribution in [0.5, 0.6) is 17.4 Å². The molecular formula is C20H18ClN3O5S. The van der Waals surface area contributed by atoms with Crippen LogP contribution in [0.4, 0.5) is 5.69 Å². The number of nitrogens with one attached hydrogen (secondary N) is 2. The van der Waals surface area contributed by atoms with Gasteiger partial charge < -0.3 is 14.8 Å². The van der Waals surface area contributed by atoms with Crippen molar-refractivity contribution in [1.82, 2.24) is 9.71 Å². The van der Waals surface area contributed by atoms with Crippen LogP contribution in [0.1, 0.15) is 10.4 Å². The number of hydrogen-bond donors (Lipinski definition) is 2. The van der Waals surface area contributed by atoms with Gasteiger partial charge in [-0.05, 0) is 55.6 Å². The first kappa shape index (κ1) is 21.6. The van der Waals surface area contributed by atoms with E-state index >= 15 is 0 Å².